The third-order valence-electron chi connectivity index (χ3n) is 4.46. The fourth-order valence-corrected chi connectivity index (χ4v) is 2.98. The highest BCUT2D eigenvalue weighted by molar-refractivity contribution is 5.94. The molecule has 0 saturated heterocycles. The fraction of sp³-hybridized carbons (Fsp3) is 0.0952. The molecule has 4 rings (SSSR count). The van der Waals surface area contributed by atoms with Crippen molar-refractivity contribution in [3.8, 4) is 5.69 Å². The van der Waals surface area contributed by atoms with Crippen LogP contribution in [0.25, 0.3) is 5.69 Å². The van der Waals surface area contributed by atoms with Crippen molar-refractivity contribution >= 4 is 5.91 Å². The number of para-hydroxylation sites is 1. The molecule has 0 bridgehead atoms. The van der Waals surface area contributed by atoms with E-state index >= 15 is 0 Å². The second-order valence-electron chi connectivity index (χ2n) is 6.36. The molecule has 0 saturated carbocycles. The second kappa shape index (κ2) is 7.48. The monoisotopic (exact) mass is 375 g/mol. The Bertz CT molecular complexity index is 1090. The van der Waals surface area contributed by atoms with Crippen LogP contribution >= 0.6 is 0 Å². The van der Waals surface area contributed by atoms with Gasteiger partial charge < -0.3 is 9.88 Å². The summed E-state index contributed by atoms with van der Waals surface area (Å²) in [7, 11) is 1.85. The van der Waals surface area contributed by atoms with Gasteiger partial charge in [0, 0.05) is 25.6 Å². The van der Waals surface area contributed by atoms with Gasteiger partial charge in [0.1, 0.15) is 17.7 Å². The highest BCUT2D eigenvalue weighted by atomic mass is 19.1. The van der Waals surface area contributed by atoms with Crippen LogP contribution in [0.5, 0.6) is 0 Å². The van der Waals surface area contributed by atoms with Crippen LogP contribution in [0.3, 0.4) is 0 Å². The zero-order valence-corrected chi connectivity index (χ0v) is 15.2. The first-order valence-electron chi connectivity index (χ1n) is 8.75. The molecule has 7 heteroatoms. The number of aromatic nitrogens is 4. The Morgan fingerprint density at radius 2 is 1.86 bits per heavy atom. The van der Waals surface area contributed by atoms with Gasteiger partial charge in [-0.2, -0.15) is 5.10 Å². The van der Waals surface area contributed by atoms with E-state index < -0.39 is 6.04 Å². The molecule has 28 heavy (non-hydrogen) atoms. The summed E-state index contributed by atoms with van der Waals surface area (Å²) in [6.45, 7) is 0. The Balaban J connectivity index is 1.62. The van der Waals surface area contributed by atoms with Crippen molar-refractivity contribution in [1.82, 2.24) is 24.6 Å². The summed E-state index contributed by atoms with van der Waals surface area (Å²) in [5.74, 6) is 0.0210. The Morgan fingerprint density at radius 3 is 2.54 bits per heavy atom. The topological polar surface area (TPSA) is 64.7 Å². The minimum atomic E-state index is -0.520. The molecule has 0 radical (unpaired) electrons. The van der Waals surface area contributed by atoms with Crippen LogP contribution < -0.4 is 5.32 Å². The normalized spacial score (nSPS) is 11.9. The third-order valence-corrected chi connectivity index (χ3v) is 4.46. The van der Waals surface area contributed by atoms with Crippen molar-refractivity contribution in [1.29, 1.82) is 0 Å². The number of aryl methyl sites for hydroxylation is 1. The first kappa shape index (κ1) is 17.7. The van der Waals surface area contributed by atoms with Crippen LogP contribution in [0.4, 0.5) is 4.39 Å². The number of carbonyl (C=O) groups is 1. The van der Waals surface area contributed by atoms with E-state index in [1.54, 1.807) is 35.4 Å². The molecule has 1 unspecified atom stereocenters. The van der Waals surface area contributed by atoms with Crippen LogP contribution in [0.1, 0.15) is 27.8 Å². The van der Waals surface area contributed by atoms with Gasteiger partial charge in [0.2, 0.25) is 0 Å². The molecule has 0 aliphatic heterocycles. The van der Waals surface area contributed by atoms with E-state index in [4.69, 9.17) is 0 Å². The lowest BCUT2D eigenvalue weighted by Gasteiger charge is -2.18. The van der Waals surface area contributed by atoms with Crippen LogP contribution in [0.15, 0.2) is 79.4 Å². The first-order chi connectivity index (χ1) is 13.6. The highest BCUT2D eigenvalue weighted by Gasteiger charge is 2.22. The van der Waals surface area contributed by atoms with Crippen LogP contribution in [0.2, 0.25) is 0 Å². The molecule has 0 aliphatic rings. The number of imidazole rings is 1. The van der Waals surface area contributed by atoms with Gasteiger partial charge >= 0.3 is 0 Å². The largest absolute Gasteiger partial charge is 0.338 e. The van der Waals surface area contributed by atoms with Gasteiger partial charge in [-0.05, 0) is 29.8 Å². The van der Waals surface area contributed by atoms with Crippen molar-refractivity contribution in [2.45, 2.75) is 6.04 Å². The number of nitrogens with zero attached hydrogens (tertiary/aromatic N) is 4. The van der Waals surface area contributed by atoms with Crippen molar-refractivity contribution in [2.75, 3.05) is 0 Å². The van der Waals surface area contributed by atoms with Crippen LogP contribution in [0, 0.1) is 5.82 Å². The molecular formula is C21H18FN5O. The van der Waals surface area contributed by atoms with E-state index in [0.29, 0.717) is 11.4 Å². The number of nitrogens with one attached hydrogen (secondary N) is 1. The average molecular weight is 375 g/mol. The predicted octanol–water partition coefficient (Wildman–Crippen LogP) is 3.26. The number of halogens is 1. The van der Waals surface area contributed by atoms with Crippen molar-refractivity contribution in [2.24, 2.45) is 7.05 Å². The number of rotatable bonds is 5. The molecule has 0 fully saturated rings. The lowest BCUT2D eigenvalue weighted by Crippen LogP contribution is -2.31. The summed E-state index contributed by atoms with van der Waals surface area (Å²) in [5.41, 5.74) is 2.02. The van der Waals surface area contributed by atoms with E-state index in [1.165, 1.54) is 18.3 Å². The van der Waals surface area contributed by atoms with Gasteiger partial charge in [-0.25, -0.2) is 14.1 Å². The SMILES string of the molecule is Cn1ccnc1C(NC(=O)c1cnn(-c2ccccc2)c1)c1ccc(F)cc1. The number of amides is 1. The van der Waals surface area contributed by atoms with Gasteiger partial charge in [0.15, 0.2) is 0 Å². The number of hydrogen-bond acceptors (Lipinski definition) is 3. The van der Waals surface area contributed by atoms with E-state index in [9.17, 15) is 9.18 Å². The third kappa shape index (κ3) is 3.55. The molecule has 140 valence electrons. The molecule has 2 heterocycles. The molecule has 2 aromatic heterocycles. The number of benzene rings is 2. The van der Waals surface area contributed by atoms with E-state index in [2.05, 4.69) is 15.4 Å². The standard InChI is InChI=1S/C21H18FN5O/c1-26-12-11-23-20(26)19(15-7-9-17(22)10-8-15)25-21(28)16-13-24-27(14-16)18-5-3-2-4-6-18/h2-14,19H,1H3,(H,25,28). The number of hydrogen-bond donors (Lipinski definition) is 1. The van der Waals surface area contributed by atoms with Crippen LogP contribution in [-0.2, 0) is 7.05 Å². The summed E-state index contributed by atoms with van der Waals surface area (Å²) in [6, 6.07) is 15.0. The molecule has 1 amide bonds. The molecular weight excluding hydrogens is 357 g/mol. The summed E-state index contributed by atoms with van der Waals surface area (Å²) in [5, 5.41) is 7.24. The first-order valence-corrected chi connectivity index (χ1v) is 8.75. The lowest BCUT2D eigenvalue weighted by atomic mass is 10.1. The predicted molar refractivity (Wildman–Crippen MR) is 102 cm³/mol. The second-order valence-corrected chi connectivity index (χ2v) is 6.36. The summed E-state index contributed by atoms with van der Waals surface area (Å²) in [4.78, 5) is 17.2. The van der Waals surface area contributed by atoms with Gasteiger partial charge in [-0.3, -0.25) is 4.79 Å². The fourth-order valence-electron chi connectivity index (χ4n) is 2.98. The summed E-state index contributed by atoms with van der Waals surface area (Å²) >= 11 is 0. The Kier molecular flexibility index (Phi) is 4.72. The van der Waals surface area contributed by atoms with E-state index in [1.807, 2.05) is 41.9 Å². The zero-order chi connectivity index (χ0) is 19.5. The maximum atomic E-state index is 13.3. The van der Waals surface area contributed by atoms with Crippen LogP contribution in [-0.4, -0.2) is 25.2 Å². The Labute approximate surface area is 161 Å². The molecule has 0 aliphatic carbocycles. The molecule has 4 aromatic rings. The maximum Gasteiger partial charge on any atom is 0.255 e. The molecule has 0 spiro atoms. The Hall–Kier alpha value is -3.74. The van der Waals surface area contributed by atoms with Gasteiger partial charge in [0.05, 0.1) is 17.4 Å². The molecule has 1 atom stereocenters. The van der Waals surface area contributed by atoms with Crippen molar-refractivity contribution in [3.05, 3.63) is 102 Å². The smallest absolute Gasteiger partial charge is 0.255 e. The highest BCUT2D eigenvalue weighted by Crippen LogP contribution is 2.21. The Morgan fingerprint density at radius 1 is 1.11 bits per heavy atom. The van der Waals surface area contributed by atoms with E-state index in [-0.39, 0.29) is 11.7 Å². The zero-order valence-electron chi connectivity index (χ0n) is 15.2. The summed E-state index contributed by atoms with van der Waals surface area (Å²) < 4.78 is 16.8. The van der Waals surface area contributed by atoms with Gasteiger partial charge in [0.25, 0.3) is 5.91 Å². The molecule has 6 nitrogen and oxygen atoms in total. The quantitative estimate of drug-likeness (QED) is 0.582. The molecule has 1 N–H and O–H groups in total. The van der Waals surface area contributed by atoms with Crippen molar-refractivity contribution in [3.63, 3.8) is 0 Å². The van der Waals surface area contributed by atoms with Gasteiger partial charge in [-0.1, -0.05) is 30.3 Å². The number of carbonyl (C=O) groups excluding carboxylic acids is 1. The maximum absolute atomic E-state index is 13.3. The summed E-state index contributed by atoms with van der Waals surface area (Å²) in [6.07, 6.45) is 6.64. The molecule has 2 aromatic carbocycles. The van der Waals surface area contributed by atoms with E-state index in [0.717, 1.165) is 11.3 Å². The minimum absolute atomic E-state index is 0.292. The lowest BCUT2D eigenvalue weighted by molar-refractivity contribution is 0.0941. The van der Waals surface area contributed by atoms with Gasteiger partial charge in [-0.15, -0.1) is 0 Å². The average Bonchev–Trinajstić information content (AvgIpc) is 3.37. The van der Waals surface area contributed by atoms with Crippen molar-refractivity contribution < 1.29 is 9.18 Å². The minimum Gasteiger partial charge on any atom is -0.338 e.